The van der Waals surface area contributed by atoms with Crippen molar-refractivity contribution >= 4 is 39.7 Å². The molecule has 4 rings (SSSR count). The number of nitrogens with one attached hydrogen (secondary N) is 3. The lowest BCUT2D eigenvalue weighted by Crippen LogP contribution is -2.45. The van der Waals surface area contributed by atoms with E-state index in [1.54, 1.807) is 42.5 Å². The number of hydroxylamine groups is 2. The number of alkyl carbamates (subject to hydrolysis) is 1. The van der Waals surface area contributed by atoms with Crippen molar-refractivity contribution < 1.29 is 33.8 Å². The number of amidine groups is 1. The van der Waals surface area contributed by atoms with E-state index in [0.717, 1.165) is 11.4 Å². The van der Waals surface area contributed by atoms with Crippen LogP contribution in [0.1, 0.15) is 69.3 Å². The molecule has 4 N–H and O–H groups in total. The Morgan fingerprint density at radius 2 is 1.40 bits per heavy atom. The second-order valence-electron chi connectivity index (χ2n) is 11.7. The summed E-state index contributed by atoms with van der Waals surface area (Å²) in [6.07, 6.45) is 2.36. The first kappa shape index (κ1) is 33.5. The molecule has 0 radical (unpaired) electrons. The third-order valence-corrected chi connectivity index (χ3v) is 7.32. The maximum absolute atomic E-state index is 13.4. The third-order valence-electron chi connectivity index (χ3n) is 6.83. The summed E-state index contributed by atoms with van der Waals surface area (Å²) in [5, 5.41) is 24.0. The molecule has 1 fully saturated rings. The van der Waals surface area contributed by atoms with Crippen molar-refractivity contribution in [3.63, 3.8) is 0 Å². The number of hydrogen-bond donors (Lipinski definition) is 4. The molecule has 238 valence electrons. The number of ether oxygens (including phenoxy) is 3. The normalized spacial score (nSPS) is 16.2. The summed E-state index contributed by atoms with van der Waals surface area (Å²) in [6, 6.07) is 18.4. The molecule has 0 saturated heterocycles. The summed E-state index contributed by atoms with van der Waals surface area (Å²) in [7, 11) is 0. The number of carbonyl (C=O) groups excluding carboxylic acids is 3. The van der Waals surface area contributed by atoms with Crippen LogP contribution < -0.4 is 20.1 Å². The molecule has 0 spiro atoms. The minimum atomic E-state index is -0.682. The van der Waals surface area contributed by atoms with E-state index >= 15 is 0 Å². The highest BCUT2D eigenvalue weighted by atomic mass is 79.9. The first-order valence-corrected chi connectivity index (χ1v) is 15.3. The van der Waals surface area contributed by atoms with Gasteiger partial charge >= 0.3 is 6.09 Å². The number of benzene rings is 3. The summed E-state index contributed by atoms with van der Waals surface area (Å²) in [4.78, 5) is 37.0. The Morgan fingerprint density at radius 3 is 1.96 bits per heavy atom. The van der Waals surface area contributed by atoms with Crippen molar-refractivity contribution in [3.8, 4) is 23.0 Å². The van der Waals surface area contributed by atoms with Crippen LogP contribution in [0.3, 0.4) is 0 Å². The zero-order chi connectivity index (χ0) is 32.7. The highest BCUT2D eigenvalue weighted by Gasteiger charge is 2.26. The standard InChI is InChI=1S/C33H37BrN4O7/c1-20(39)38(42)30(35)21-8-14-26(15-9-21)43-28-16-22(17-29(19-28)44-27-7-5-6-23(34)18-27)31(40)36-24-10-12-25(13-11-24)37-32(41)45-33(2,3)4/h5-9,14-19,24-25,35,42H,10-13H2,1-4H3,(H,36,40)(H,37,41). The minimum Gasteiger partial charge on any atom is -0.457 e. The molecule has 45 heavy (non-hydrogen) atoms. The van der Waals surface area contributed by atoms with Gasteiger partial charge in [-0.15, -0.1) is 0 Å². The van der Waals surface area contributed by atoms with E-state index < -0.39 is 17.6 Å². The Labute approximate surface area is 270 Å². The fraction of sp³-hybridized carbons (Fsp3) is 0.333. The van der Waals surface area contributed by atoms with Gasteiger partial charge in [-0.3, -0.25) is 20.2 Å². The first-order valence-electron chi connectivity index (χ1n) is 14.5. The molecule has 0 aromatic heterocycles. The van der Waals surface area contributed by atoms with E-state index in [1.807, 2.05) is 32.9 Å². The molecule has 0 heterocycles. The molecular formula is C33H37BrN4O7. The summed E-state index contributed by atoms with van der Waals surface area (Å²) < 4.78 is 18.3. The van der Waals surface area contributed by atoms with Crippen molar-refractivity contribution in [2.75, 3.05) is 0 Å². The number of hydrogen-bond acceptors (Lipinski definition) is 8. The van der Waals surface area contributed by atoms with Gasteiger partial charge in [0.1, 0.15) is 28.6 Å². The first-order chi connectivity index (χ1) is 21.3. The molecule has 11 nitrogen and oxygen atoms in total. The largest absolute Gasteiger partial charge is 0.457 e. The Kier molecular flexibility index (Phi) is 10.8. The van der Waals surface area contributed by atoms with Gasteiger partial charge in [-0.05, 0) is 101 Å². The smallest absolute Gasteiger partial charge is 0.407 e. The fourth-order valence-corrected chi connectivity index (χ4v) is 5.09. The highest BCUT2D eigenvalue weighted by Crippen LogP contribution is 2.32. The van der Waals surface area contributed by atoms with Gasteiger partial charge in [0, 0.05) is 40.7 Å². The van der Waals surface area contributed by atoms with Crippen LogP contribution in [0.2, 0.25) is 0 Å². The van der Waals surface area contributed by atoms with Gasteiger partial charge in [-0.25, -0.2) is 4.79 Å². The zero-order valence-corrected chi connectivity index (χ0v) is 27.1. The third kappa shape index (κ3) is 10.0. The lowest BCUT2D eigenvalue weighted by atomic mass is 9.91. The van der Waals surface area contributed by atoms with Gasteiger partial charge < -0.3 is 24.8 Å². The van der Waals surface area contributed by atoms with E-state index in [4.69, 9.17) is 19.6 Å². The van der Waals surface area contributed by atoms with Gasteiger partial charge in [-0.1, -0.05) is 22.0 Å². The number of amides is 3. The van der Waals surface area contributed by atoms with E-state index in [2.05, 4.69) is 26.6 Å². The zero-order valence-electron chi connectivity index (χ0n) is 25.6. The fourth-order valence-electron chi connectivity index (χ4n) is 4.71. The molecule has 3 aromatic rings. The molecule has 3 amide bonds. The molecule has 0 bridgehead atoms. The van der Waals surface area contributed by atoms with Gasteiger partial charge in [-0.2, -0.15) is 5.06 Å². The SMILES string of the molecule is CC(=O)N(O)C(=N)c1ccc(Oc2cc(Oc3cccc(Br)c3)cc(C(=O)NC3CCC(NC(=O)OC(C)(C)C)CC3)c2)cc1. The average molecular weight is 682 g/mol. The predicted molar refractivity (Wildman–Crippen MR) is 171 cm³/mol. The molecular weight excluding hydrogens is 644 g/mol. The maximum Gasteiger partial charge on any atom is 0.407 e. The Balaban J connectivity index is 1.47. The van der Waals surface area contributed by atoms with Crippen molar-refractivity contribution in [2.45, 2.75) is 71.1 Å². The molecule has 0 atom stereocenters. The van der Waals surface area contributed by atoms with Gasteiger partial charge in [0.25, 0.3) is 5.91 Å². The van der Waals surface area contributed by atoms with Crippen LogP contribution >= 0.6 is 15.9 Å². The van der Waals surface area contributed by atoms with E-state index in [1.165, 1.54) is 12.1 Å². The molecule has 1 aliphatic carbocycles. The molecule has 0 aliphatic heterocycles. The second kappa shape index (κ2) is 14.6. The number of nitrogens with zero attached hydrogens (tertiary/aromatic N) is 1. The topological polar surface area (TPSA) is 150 Å². The molecule has 3 aromatic carbocycles. The second-order valence-corrected chi connectivity index (χ2v) is 12.6. The van der Waals surface area contributed by atoms with Crippen LogP contribution in [0.4, 0.5) is 4.79 Å². The van der Waals surface area contributed by atoms with Crippen LogP contribution in [-0.2, 0) is 9.53 Å². The molecule has 1 saturated carbocycles. The maximum atomic E-state index is 13.4. The van der Waals surface area contributed by atoms with Crippen molar-refractivity contribution in [1.82, 2.24) is 15.7 Å². The summed E-state index contributed by atoms with van der Waals surface area (Å²) >= 11 is 3.44. The number of halogens is 1. The lowest BCUT2D eigenvalue weighted by molar-refractivity contribution is -0.146. The number of carbonyl (C=O) groups is 3. The van der Waals surface area contributed by atoms with Gasteiger partial charge in [0.15, 0.2) is 5.84 Å². The lowest BCUT2D eigenvalue weighted by Gasteiger charge is -2.30. The molecule has 12 heteroatoms. The van der Waals surface area contributed by atoms with Crippen molar-refractivity contribution in [2.24, 2.45) is 0 Å². The van der Waals surface area contributed by atoms with Crippen LogP contribution in [0.15, 0.2) is 71.2 Å². The van der Waals surface area contributed by atoms with Crippen LogP contribution in [0.25, 0.3) is 0 Å². The summed E-state index contributed by atoms with van der Waals surface area (Å²) in [6.45, 7) is 6.61. The van der Waals surface area contributed by atoms with E-state index in [-0.39, 0.29) is 28.9 Å². The van der Waals surface area contributed by atoms with Crippen molar-refractivity contribution in [3.05, 3.63) is 82.3 Å². The summed E-state index contributed by atoms with van der Waals surface area (Å²) in [5.41, 5.74) is 0.0730. The quantitative estimate of drug-likeness (QED) is 0.0853. The van der Waals surface area contributed by atoms with Crippen molar-refractivity contribution in [1.29, 1.82) is 5.41 Å². The Morgan fingerprint density at radius 1 is 0.822 bits per heavy atom. The highest BCUT2D eigenvalue weighted by molar-refractivity contribution is 9.10. The molecule has 1 aliphatic rings. The van der Waals surface area contributed by atoms with Crippen LogP contribution in [0, 0.1) is 5.41 Å². The van der Waals surface area contributed by atoms with Crippen LogP contribution in [0.5, 0.6) is 23.0 Å². The van der Waals surface area contributed by atoms with Crippen LogP contribution in [-0.4, -0.2) is 51.7 Å². The van der Waals surface area contributed by atoms with Gasteiger partial charge in [0.05, 0.1) is 0 Å². The Bertz CT molecular complexity index is 1550. The number of rotatable bonds is 8. The average Bonchev–Trinajstić information content (AvgIpc) is 2.96. The Hall–Kier alpha value is -4.42. The molecule has 0 unspecified atom stereocenters. The monoisotopic (exact) mass is 680 g/mol. The predicted octanol–water partition coefficient (Wildman–Crippen LogP) is 7.16. The van der Waals surface area contributed by atoms with Gasteiger partial charge in [0.2, 0.25) is 5.91 Å². The minimum absolute atomic E-state index is 0.0204. The van der Waals surface area contributed by atoms with E-state index in [9.17, 15) is 19.6 Å². The summed E-state index contributed by atoms with van der Waals surface area (Å²) in [5.74, 6) is 0.349. The van der Waals surface area contributed by atoms with E-state index in [0.29, 0.717) is 59.8 Å².